The Morgan fingerprint density at radius 3 is 2.33 bits per heavy atom. The van der Waals surface area contributed by atoms with E-state index in [0.29, 0.717) is 6.54 Å². The zero-order chi connectivity index (χ0) is 13.0. The van der Waals surface area contributed by atoms with E-state index in [1.54, 1.807) is 24.2 Å². The summed E-state index contributed by atoms with van der Waals surface area (Å²) in [5.41, 5.74) is 10.2. The van der Waals surface area contributed by atoms with E-state index in [0.717, 1.165) is 16.5 Å². The Morgan fingerprint density at radius 2 is 1.78 bits per heavy atom. The molecule has 2 rings (SSSR count). The van der Waals surface area contributed by atoms with Gasteiger partial charge in [-0.3, -0.25) is 4.98 Å². The lowest BCUT2D eigenvalue weighted by Crippen LogP contribution is -2.00. The molecule has 94 valence electrons. The van der Waals surface area contributed by atoms with Crippen molar-refractivity contribution < 1.29 is 0 Å². The summed E-state index contributed by atoms with van der Waals surface area (Å²) >= 11 is 1.70. The zero-order valence-corrected chi connectivity index (χ0v) is 11.5. The summed E-state index contributed by atoms with van der Waals surface area (Å²) in [6, 6.07) is 6.60. The fraction of sp³-hybridized carbons (Fsp3) is 0.286. The van der Waals surface area contributed by atoms with Gasteiger partial charge in [0.25, 0.3) is 0 Å². The van der Waals surface area contributed by atoms with Gasteiger partial charge in [-0.2, -0.15) is 0 Å². The molecule has 18 heavy (non-hydrogen) atoms. The van der Waals surface area contributed by atoms with Crippen LogP contribution in [0.3, 0.4) is 0 Å². The Hall–Kier alpha value is -1.39. The van der Waals surface area contributed by atoms with Crippen LogP contribution in [-0.2, 0) is 12.3 Å². The van der Waals surface area contributed by atoms with Crippen molar-refractivity contribution in [3.63, 3.8) is 0 Å². The molecule has 3 nitrogen and oxygen atoms in total. The lowest BCUT2D eigenvalue weighted by atomic mass is 10.1. The highest BCUT2D eigenvalue weighted by atomic mass is 32.2. The molecule has 0 atom stereocenters. The molecular weight excluding hydrogens is 242 g/mol. The predicted octanol–water partition coefficient (Wildman–Crippen LogP) is 2.84. The van der Waals surface area contributed by atoms with Crippen LogP contribution in [0.25, 0.3) is 0 Å². The van der Waals surface area contributed by atoms with Crippen LogP contribution < -0.4 is 5.73 Å². The van der Waals surface area contributed by atoms with Crippen molar-refractivity contribution in [1.29, 1.82) is 0 Å². The van der Waals surface area contributed by atoms with Crippen LogP contribution in [0.4, 0.5) is 0 Å². The number of nitrogens with zero attached hydrogens (tertiary/aromatic N) is 2. The molecule has 0 bridgehead atoms. The topological polar surface area (TPSA) is 51.8 Å². The third kappa shape index (κ3) is 3.55. The van der Waals surface area contributed by atoms with Gasteiger partial charge >= 0.3 is 0 Å². The molecule has 0 unspecified atom stereocenters. The monoisotopic (exact) mass is 259 g/mol. The number of aromatic nitrogens is 2. The van der Waals surface area contributed by atoms with Crippen molar-refractivity contribution in [1.82, 2.24) is 9.97 Å². The molecule has 0 aliphatic heterocycles. The van der Waals surface area contributed by atoms with Crippen LogP contribution in [0.15, 0.2) is 35.6 Å². The van der Waals surface area contributed by atoms with Crippen molar-refractivity contribution >= 4 is 11.8 Å². The quantitative estimate of drug-likeness (QED) is 0.858. The van der Waals surface area contributed by atoms with Crippen molar-refractivity contribution in [3.8, 4) is 0 Å². The van der Waals surface area contributed by atoms with E-state index in [9.17, 15) is 0 Å². The molecule has 1 aromatic heterocycles. The standard InChI is InChI=1S/C14H17N3S/c1-10-3-11(2)5-12(4-10)9-18-14-8-16-13(6-15)7-17-14/h3-5,7-8H,6,9,15H2,1-2H3. The molecule has 4 heteroatoms. The molecule has 0 saturated carbocycles. The summed E-state index contributed by atoms with van der Waals surface area (Å²) in [4.78, 5) is 8.57. The van der Waals surface area contributed by atoms with Crippen molar-refractivity contribution in [2.45, 2.75) is 31.2 Å². The fourth-order valence-electron chi connectivity index (χ4n) is 1.83. The second kappa shape index (κ2) is 5.98. The Balaban J connectivity index is 2.01. The molecular formula is C14H17N3S. The van der Waals surface area contributed by atoms with Gasteiger partial charge in [-0.25, -0.2) is 4.98 Å². The Kier molecular flexibility index (Phi) is 4.33. The molecule has 0 saturated heterocycles. The van der Waals surface area contributed by atoms with Crippen molar-refractivity contribution in [3.05, 3.63) is 53.0 Å². The van der Waals surface area contributed by atoms with Gasteiger partial charge in [-0.15, -0.1) is 11.8 Å². The number of nitrogens with two attached hydrogens (primary N) is 1. The zero-order valence-electron chi connectivity index (χ0n) is 10.7. The minimum absolute atomic E-state index is 0.440. The van der Waals surface area contributed by atoms with Crippen LogP contribution in [0, 0.1) is 13.8 Å². The van der Waals surface area contributed by atoms with E-state index in [2.05, 4.69) is 42.0 Å². The molecule has 1 heterocycles. The molecule has 2 N–H and O–H groups in total. The van der Waals surface area contributed by atoms with E-state index in [1.165, 1.54) is 16.7 Å². The molecule has 0 spiro atoms. The first-order valence-electron chi connectivity index (χ1n) is 5.88. The third-order valence-electron chi connectivity index (χ3n) is 2.56. The van der Waals surface area contributed by atoms with Gasteiger partial charge in [-0.1, -0.05) is 29.3 Å². The summed E-state index contributed by atoms with van der Waals surface area (Å²) in [6.07, 6.45) is 3.53. The van der Waals surface area contributed by atoms with Crippen LogP contribution >= 0.6 is 11.8 Å². The van der Waals surface area contributed by atoms with Gasteiger partial charge < -0.3 is 5.73 Å². The number of benzene rings is 1. The van der Waals surface area contributed by atoms with Gasteiger partial charge in [0, 0.05) is 12.3 Å². The van der Waals surface area contributed by atoms with Crippen molar-refractivity contribution in [2.75, 3.05) is 0 Å². The molecule has 1 aromatic carbocycles. The summed E-state index contributed by atoms with van der Waals surface area (Å²) in [5.74, 6) is 0.916. The van der Waals surface area contributed by atoms with Crippen LogP contribution in [0.1, 0.15) is 22.4 Å². The minimum Gasteiger partial charge on any atom is -0.325 e. The van der Waals surface area contributed by atoms with Crippen molar-refractivity contribution in [2.24, 2.45) is 5.73 Å². The molecule has 0 amide bonds. The van der Waals surface area contributed by atoms with Gasteiger partial charge in [0.2, 0.25) is 0 Å². The van der Waals surface area contributed by atoms with Gasteiger partial charge in [0.1, 0.15) is 5.03 Å². The van der Waals surface area contributed by atoms with E-state index in [4.69, 9.17) is 5.73 Å². The summed E-state index contributed by atoms with van der Waals surface area (Å²) in [7, 11) is 0. The highest BCUT2D eigenvalue weighted by molar-refractivity contribution is 7.98. The lowest BCUT2D eigenvalue weighted by molar-refractivity contribution is 0.923. The Morgan fingerprint density at radius 1 is 1.06 bits per heavy atom. The highest BCUT2D eigenvalue weighted by Crippen LogP contribution is 2.21. The second-order valence-corrected chi connectivity index (χ2v) is 5.33. The van der Waals surface area contributed by atoms with E-state index in [1.807, 2.05) is 0 Å². The molecule has 0 aliphatic rings. The fourth-order valence-corrected chi connectivity index (χ4v) is 2.57. The van der Waals surface area contributed by atoms with Gasteiger partial charge in [0.15, 0.2) is 0 Å². The first-order valence-corrected chi connectivity index (χ1v) is 6.87. The average molecular weight is 259 g/mol. The van der Waals surface area contributed by atoms with Crippen LogP contribution in [0.5, 0.6) is 0 Å². The maximum Gasteiger partial charge on any atom is 0.115 e. The Labute approximate surface area is 112 Å². The smallest absolute Gasteiger partial charge is 0.115 e. The molecule has 0 radical (unpaired) electrons. The SMILES string of the molecule is Cc1cc(C)cc(CSc2cnc(CN)cn2)c1. The van der Waals surface area contributed by atoms with Crippen LogP contribution in [-0.4, -0.2) is 9.97 Å². The van der Waals surface area contributed by atoms with Crippen LogP contribution in [0.2, 0.25) is 0 Å². The normalized spacial score (nSPS) is 10.6. The third-order valence-corrected chi connectivity index (χ3v) is 3.54. The lowest BCUT2D eigenvalue weighted by Gasteiger charge is -2.05. The summed E-state index contributed by atoms with van der Waals surface area (Å²) < 4.78 is 0. The van der Waals surface area contributed by atoms with E-state index < -0.39 is 0 Å². The number of thioether (sulfide) groups is 1. The maximum absolute atomic E-state index is 5.49. The molecule has 0 aliphatic carbocycles. The summed E-state index contributed by atoms with van der Waals surface area (Å²) in [5, 5.41) is 0.936. The Bertz CT molecular complexity index is 503. The summed E-state index contributed by atoms with van der Waals surface area (Å²) in [6.45, 7) is 4.68. The highest BCUT2D eigenvalue weighted by Gasteiger charge is 2.00. The number of hydrogen-bond acceptors (Lipinski definition) is 4. The maximum atomic E-state index is 5.49. The first kappa shape index (κ1) is 13.1. The molecule has 0 fully saturated rings. The second-order valence-electron chi connectivity index (χ2n) is 4.33. The number of hydrogen-bond donors (Lipinski definition) is 1. The minimum atomic E-state index is 0.440. The first-order chi connectivity index (χ1) is 8.67. The van der Waals surface area contributed by atoms with Gasteiger partial charge in [0.05, 0.1) is 18.1 Å². The average Bonchev–Trinajstić information content (AvgIpc) is 2.36. The number of aryl methyl sites for hydroxylation is 2. The predicted molar refractivity (Wildman–Crippen MR) is 75.4 cm³/mol. The van der Waals surface area contributed by atoms with Gasteiger partial charge in [-0.05, 0) is 19.4 Å². The molecule has 2 aromatic rings. The largest absolute Gasteiger partial charge is 0.325 e. The number of rotatable bonds is 4. The van der Waals surface area contributed by atoms with E-state index >= 15 is 0 Å². The van der Waals surface area contributed by atoms with E-state index in [-0.39, 0.29) is 0 Å².